The lowest BCUT2D eigenvalue weighted by Crippen LogP contribution is -2.30. The third kappa shape index (κ3) is 3.86. The second-order valence-electron chi connectivity index (χ2n) is 3.85. The standard InChI is InChI=1S/C14H21NO4/c1-5-15-13(14(16)19-6-2)11-8-7-10(17-3)9-12(11)18-4/h7-9,13,15H,5-6H2,1-4H3. The molecule has 0 aliphatic carbocycles. The van der Waals surface area contributed by atoms with Crippen molar-refractivity contribution in [3.8, 4) is 11.5 Å². The molecule has 1 aromatic carbocycles. The lowest BCUT2D eigenvalue weighted by Gasteiger charge is -2.19. The molecule has 1 aromatic rings. The molecule has 0 aliphatic rings. The fraction of sp³-hybridized carbons (Fsp3) is 0.500. The van der Waals surface area contributed by atoms with Gasteiger partial charge in [0.05, 0.1) is 20.8 Å². The van der Waals surface area contributed by atoms with Crippen molar-refractivity contribution in [2.24, 2.45) is 0 Å². The predicted octanol–water partition coefficient (Wildman–Crippen LogP) is 1.92. The average Bonchev–Trinajstić information content (AvgIpc) is 2.44. The van der Waals surface area contributed by atoms with Crippen LogP contribution in [0.3, 0.4) is 0 Å². The highest BCUT2D eigenvalue weighted by molar-refractivity contribution is 5.78. The van der Waals surface area contributed by atoms with Crippen LogP contribution in [0.4, 0.5) is 0 Å². The minimum absolute atomic E-state index is 0.312. The van der Waals surface area contributed by atoms with Crippen molar-refractivity contribution in [2.75, 3.05) is 27.4 Å². The molecule has 0 aromatic heterocycles. The van der Waals surface area contributed by atoms with Gasteiger partial charge in [-0.05, 0) is 25.6 Å². The van der Waals surface area contributed by atoms with E-state index in [1.165, 1.54) is 0 Å². The first-order chi connectivity index (χ1) is 9.17. The number of rotatable bonds is 7. The smallest absolute Gasteiger partial charge is 0.327 e. The number of esters is 1. The van der Waals surface area contributed by atoms with Gasteiger partial charge in [-0.2, -0.15) is 0 Å². The minimum Gasteiger partial charge on any atom is -0.497 e. The third-order valence-corrected chi connectivity index (χ3v) is 2.68. The van der Waals surface area contributed by atoms with Gasteiger partial charge in [0, 0.05) is 11.6 Å². The molecule has 0 saturated carbocycles. The Morgan fingerprint density at radius 2 is 2.00 bits per heavy atom. The van der Waals surface area contributed by atoms with Crippen LogP contribution in [0, 0.1) is 0 Å². The van der Waals surface area contributed by atoms with Crippen LogP contribution in [0.1, 0.15) is 25.5 Å². The number of benzene rings is 1. The molecule has 19 heavy (non-hydrogen) atoms. The summed E-state index contributed by atoms with van der Waals surface area (Å²) in [6, 6.07) is 4.81. The Kier molecular flexibility index (Phi) is 6.15. The van der Waals surface area contributed by atoms with Crippen molar-refractivity contribution in [1.29, 1.82) is 0 Å². The molecule has 0 bridgehead atoms. The zero-order valence-electron chi connectivity index (χ0n) is 11.9. The van der Waals surface area contributed by atoms with Crippen LogP contribution in [0.2, 0.25) is 0 Å². The van der Waals surface area contributed by atoms with E-state index in [9.17, 15) is 4.79 Å². The van der Waals surface area contributed by atoms with Crippen molar-refractivity contribution >= 4 is 5.97 Å². The lowest BCUT2D eigenvalue weighted by molar-refractivity contribution is -0.145. The Bertz CT molecular complexity index is 420. The fourth-order valence-corrected chi connectivity index (χ4v) is 1.81. The van der Waals surface area contributed by atoms with Gasteiger partial charge in [0.2, 0.25) is 0 Å². The zero-order chi connectivity index (χ0) is 14.3. The maximum atomic E-state index is 12.0. The summed E-state index contributed by atoms with van der Waals surface area (Å²) in [6.07, 6.45) is 0. The van der Waals surface area contributed by atoms with Gasteiger partial charge < -0.3 is 19.5 Å². The molecule has 5 nitrogen and oxygen atoms in total. The van der Waals surface area contributed by atoms with Crippen molar-refractivity contribution in [2.45, 2.75) is 19.9 Å². The number of likely N-dealkylation sites (N-methyl/N-ethyl adjacent to an activating group) is 1. The summed E-state index contributed by atoms with van der Waals surface area (Å²) < 4.78 is 15.5. The van der Waals surface area contributed by atoms with Crippen LogP contribution in [-0.2, 0) is 9.53 Å². The molecular formula is C14H21NO4. The van der Waals surface area contributed by atoms with Crippen LogP contribution >= 0.6 is 0 Å². The highest BCUT2D eigenvalue weighted by Gasteiger charge is 2.24. The third-order valence-electron chi connectivity index (χ3n) is 2.68. The first-order valence-electron chi connectivity index (χ1n) is 6.29. The van der Waals surface area contributed by atoms with Crippen molar-refractivity contribution in [3.05, 3.63) is 23.8 Å². The monoisotopic (exact) mass is 267 g/mol. The van der Waals surface area contributed by atoms with E-state index >= 15 is 0 Å². The number of ether oxygens (including phenoxy) is 3. The molecule has 5 heteroatoms. The van der Waals surface area contributed by atoms with Crippen LogP contribution in [0.25, 0.3) is 0 Å². The summed E-state index contributed by atoms with van der Waals surface area (Å²) in [5.74, 6) is 0.964. The number of methoxy groups -OCH3 is 2. The molecule has 0 radical (unpaired) electrons. The predicted molar refractivity (Wildman–Crippen MR) is 72.6 cm³/mol. The first-order valence-corrected chi connectivity index (χ1v) is 6.29. The van der Waals surface area contributed by atoms with E-state index in [0.717, 1.165) is 5.56 Å². The topological polar surface area (TPSA) is 56.8 Å². The zero-order valence-corrected chi connectivity index (χ0v) is 11.9. The van der Waals surface area contributed by atoms with Crippen LogP contribution in [-0.4, -0.2) is 33.3 Å². The maximum absolute atomic E-state index is 12.0. The van der Waals surface area contributed by atoms with E-state index in [4.69, 9.17) is 14.2 Å². The molecule has 1 atom stereocenters. The Balaban J connectivity index is 3.10. The summed E-state index contributed by atoms with van der Waals surface area (Å²) in [5, 5.41) is 3.10. The first kappa shape index (κ1) is 15.3. The summed E-state index contributed by atoms with van der Waals surface area (Å²) in [4.78, 5) is 12.0. The second-order valence-corrected chi connectivity index (χ2v) is 3.85. The largest absolute Gasteiger partial charge is 0.497 e. The van der Waals surface area contributed by atoms with Gasteiger partial charge in [-0.25, -0.2) is 4.79 Å². The van der Waals surface area contributed by atoms with Gasteiger partial charge >= 0.3 is 5.97 Å². The summed E-state index contributed by atoms with van der Waals surface area (Å²) in [7, 11) is 3.15. The Morgan fingerprint density at radius 3 is 2.53 bits per heavy atom. The minimum atomic E-state index is -0.536. The normalized spacial score (nSPS) is 11.8. The SMILES string of the molecule is CCNC(C(=O)OCC)c1ccc(OC)cc1OC. The molecule has 0 aliphatic heterocycles. The molecule has 0 fully saturated rings. The molecule has 0 spiro atoms. The maximum Gasteiger partial charge on any atom is 0.327 e. The molecule has 1 unspecified atom stereocenters. The van der Waals surface area contributed by atoms with E-state index in [-0.39, 0.29) is 5.97 Å². The second kappa shape index (κ2) is 7.63. The van der Waals surface area contributed by atoms with E-state index in [2.05, 4.69) is 5.32 Å². The van der Waals surface area contributed by atoms with Gasteiger partial charge in [-0.3, -0.25) is 0 Å². The van der Waals surface area contributed by atoms with E-state index in [0.29, 0.717) is 24.7 Å². The van der Waals surface area contributed by atoms with Crippen molar-refractivity contribution in [1.82, 2.24) is 5.32 Å². The van der Waals surface area contributed by atoms with Crippen molar-refractivity contribution in [3.63, 3.8) is 0 Å². The van der Waals surface area contributed by atoms with Gasteiger partial charge in [0.15, 0.2) is 0 Å². The van der Waals surface area contributed by atoms with Crippen LogP contribution < -0.4 is 14.8 Å². The fourth-order valence-electron chi connectivity index (χ4n) is 1.81. The summed E-state index contributed by atoms with van der Waals surface area (Å²) in [5.41, 5.74) is 0.739. The number of hydrogen-bond donors (Lipinski definition) is 1. The molecule has 1 rings (SSSR count). The molecular weight excluding hydrogens is 246 g/mol. The highest BCUT2D eigenvalue weighted by Crippen LogP contribution is 2.30. The molecule has 0 amide bonds. The Labute approximate surface area is 113 Å². The van der Waals surface area contributed by atoms with Gasteiger partial charge in [-0.1, -0.05) is 6.92 Å². The molecule has 1 N–H and O–H groups in total. The number of nitrogens with one attached hydrogen (secondary N) is 1. The lowest BCUT2D eigenvalue weighted by atomic mass is 10.1. The van der Waals surface area contributed by atoms with E-state index < -0.39 is 6.04 Å². The summed E-state index contributed by atoms with van der Waals surface area (Å²) in [6.45, 7) is 4.71. The van der Waals surface area contributed by atoms with Gasteiger partial charge in [-0.15, -0.1) is 0 Å². The van der Waals surface area contributed by atoms with E-state index in [1.807, 2.05) is 13.0 Å². The number of carbonyl (C=O) groups excluding carboxylic acids is 1. The average molecular weight is 267 g/mol. The number of carbonyl (C=O) groups is 1. The Morgan fingerprint density at radius 1 is 1.26 bits per heavy atom. The van der Waals surface area contributed by atoms with Crippen LogP contribution in [0.5, 0.6) is 11.5 Å². The number of hydrogen-bond acceptors (Lipinski definition) is 5. The van der Waals surface area contributed by atoms with Crippen LogP contribution in [0.15, 0.2) is 18.2 Å². The quantitative estimate of drug-likeness (QED) is 0.765. The van der Waals surface area contributed by atoms with E-state index in [1.54, 1.807) is 33.3 Å². The molecule has 0 saturated heterocycles. The Hall–Kier alpha value is -1.75. The van der Waals surface area contributed by atoms with Crippen molar-refractivity contribution < 1.29 is 19.0 Å². The van der Waals surface area contributed by atoms with Gasteiger partial charge in [0.25, 0.3) is 0 Å². The van der Waals surface area contributed by atoms with Gasteiger partial charge in [0.1, 0.15) is 17.5 Å². The molecule has 106 valence electrons. The highest BCUT2D eigenvalue weighted by atomic mass is 16.5. The summed E-state index contributed by atoms with van der Waals surface area (Å²) >= 11 is 0. The molecule has 0 heterocycles.